The SMILES string of the molecule is C[C@H]1O[C@@H](O[C@H]2[C@H](O[C@@H]3CO[C@@H](O[C@@H]4[C@@H](O)[C@H](O)O[C@H](C)[C@H]4O)[C@H](O[C@@H]4O[C@H](C)[C@@H](O)[C@H](O)[C@H]4O)[C@H]3O)O[C@H](C)[C@H](O)[C@@H]2O)[C@H](O)[C@@H](O)[C@H]1O. The minimum atomic E-state index is -1.86. The summed E-state index contributed by atoms with van der Waals surface area (Å²) < 4.78 is 51.0. The van der Waals surface area contributed by atoms with E-state index in [4.69, 9.17) is 42.6 Å². The monoisotopic (exact) mass is 734 g/mol. The Morgan fingerprint density at radius 1 is 0.360 bits per heavy atom. The van der Waals surface area contributed by atoms with Gasteiger partial charge in [-0.15, -0.1) is 0 Å². The van der Waals surface area contributed by atoms with Gasteiger partial charge in [-0.1, -0.05) is 0 Å². The Labute approximate surface area is 285 Å². The molecule has 0 saturated carbocycles. The van der Waals surface area contributed by atoms with E-state index in [-0.39, 0.29) is 0 Å². The molecule has 12 N–H and O–H groups in total. The number of ether oxygens (including phenoxy) is 9. The van der Waals surface area contributed by atoms with E-state index in [1.54, 1.807) is 0 Å². The van der Waals surface area contributed by atoms with Crippen molar-refractivity contribution < 1.29 is 104 Å². The van der Waals surface area contributed by atoms with Crippen molar-refractivity contribution in [1.29, 1.82) is 0 Å². The fraction of sp³-hybridized carbons (Fsp3) is 1.00. The predicted molar refractivity (Wildman–Crippen MR) is 155 cm³/mol. The van der Waals surface area contributed by atoms with Crippen LogP contribution in [0.2, 0.25) is 0 Å². The van der Waals surface area contributed by atoms with E-state index in [9.17, 15) is 61.3 Å². The molecule has 5 aliphatic heterocycles. The molecular weight excluding hydrogens is 684 g/mol. The van der Waals surface area contributed by atoms with Gasteiger partial charge >= 0.3 is 0 Å². The first kappa shape index (κ1) is 40.3. The van der Waals surface area contributed by atoms with Gasteiger partial charge in [-0.2, -0.15) is 0 Å². The van der Waals surface area contributed by atoms with Crippen LogP contribution in [0, 0.1) is 0 Å². The Kier molecular flexibility index (Phi) is 13.1. The van der Waals surface area contributed by atoms with Gasteiger partial charge in [0.25, 0.3) is 0 Å². The van der Waals surface area contributed by atoms with E-state index in [1.807, 2.05) is 0 Å². The first-order valence-corrected chi connectivity index (χ1v) is 16.4. The third-order valence-corrected chi connectivity index (χ3v) is 9.79. The van der Waals surface area contributed by atoms with Crippen LogP contribution in [0.1, 0.15) is 27.7 Å². The second-order valence-corrected chi connectivity index (χ2v) is 13.4. The summed E-state index contributed by atoms with van der Waals surface area (Å²) in [5, 5.41) is 126. The second-order valence-electron chi connectivity index (χ2n) is 13.4. The molecule has 5 saturated heterocycles. The Hall–Kier alpha value is -0.840. The van der Waals surface area contributed by atoms with Crippen molar-refractivity contribution in [2.75, 3.05) is 6.61 Å². The molecule has 0 radical (unpaired) electrons. The number of aliphatic hydroxyl groups excluding tert-OH is 12. The van der Waals surface area contributed by atoms with Gasteiger partial charge in [0.2, 0.25) is 0 Å². The topological polar surface area (TPSA) is 326 Å². The van der Waals surface area contributed by atoms with Crippen molar-refractivity contribution in [3.8, 4) is 0 Å². The maximum absolute atomic E-state index is 11.6. The zero-order chi connectivity index (χ0) is 36.9. The number of hydrogen-bond acceptors (Lipinski definition) is 21. The summed E-state index contributed by atoms with van der Waals surface area (Å²) in [5.74, 6) is 0. The van der Waals surface area contributed by atoms with Gasteiger partial charge in [-0.25, -0.2) is 0 Å². The average Bonchev–Trinajstić information content (AvgIpc) is 3.07. The molecule has 50 heavy (non-hydrogen) atoms. The average molecular weight is 735 g/mol. The molecule has 0 bridgehead atoms. The highest BCUT2D eigenvalue weighted by Crippen LogP contribution is 2.35. The third kappa shape index (κ3) is 7.99. The van der Waals surface area contributed by atoms with Crippen LogP contribution in [0.15, 0.2) is 0 Å². The zero-order valence-corrected chi connectivity index (χ0v) is 27.6. The van der Waals surface area contributed by atoms with Crippen molar-refractivity contribution in [3.63, 3.8) is 0 Å². The van der Waals surface area contributed by atoms with E-state index in [0.29, 0.717) is 0 Å². The Bertz CT molecular complexity index is 1080. The van der Waals surface area contributed by atoms with E-state index < -0.39 is 154 Å². The van der Waals surface area contributed by atoms with Gasteiger partial charge in [0.15, 0.2) is 31.5 Å². The molecule has 21 nitrogen and oxygen atoms in total. The molecule has 21 heteroatoms. The molecule has 24 atom stereocenters. The fourth-order valence-corrected chi connectivity index (χ4v) is 6.46. The highest BCUT2D eigenvalue weighted by molar-refractivity contribution is 4.96. The van der Waals surface area contributed by atoms with Gasteiger partial charge in [-0.3, -0.25) is 0 Å². The molecule has 0 aromatic rings. The van der Waals surface area contributed by atoms with Crippen LogP contribution >= 0.6 is 0 Å². The molecule has 0 aliphatic carbocycles. The highest BCUT2D eigenvalue weighted by atomic mass is 16.8. The quantitative estimate of drug-likeness (QED) is 0.110. The lowest BCUT2D eigenvalue weighted by atomic mass is 9.97. The van der Waals surface area contributed by atoms with Crippen LogP contribution in [0.3, 0.4) is 0 Å². The molecule has 292 valence electrons. The van der Waals surface area contributed by atoms with Crippen LogP contribution < -0.4 is 0 Å². The molecule has 0 spiro atoms. The lowest BCUT2D eigenvalue weighted by molar-refractivity contribution is -0.395. The fourth-order valence-electron chi connectivity index (χ4n) is 6.46. The number of rotatable bonds is 8. The van der Waals surface area contributed by atoms with Crippen molar-refractivity contribution in [3.05, 3.63) is 0 Å². The summed E-state index contributed by atoms with van der Waals surface area (Å²) in [6, 6.07) is 0. The standard InChI is InChI=1S/C29H50O21/c1-6-11(30)16(35)19(38)26(44-6)49-23-15(34)10(5-42-28(23)48-22-14(33)9(4)43-25(41)21(22)40)47-29-24(18(37)13(32)8(3)46-29)50-27-20(39)17(36)12(31)7(2)45-27/h6-41H,5H2,1-4H3/t6-,7-,8-,9-,10-,11-,12+,13+,14-,15+,16+,17+,18+,19-,20-,21-,22+,23-,24-,25-,26+,27+,28+,29+/m1/s1. The summed E-state index contributed by atoms with van der Waals surface area (Å²) in [7, 11) is 0. The van der Waals surface area contributed by atoms with Gasteiger partial charge in [0.05, 0.1) is 31.0 Å². The molecule has 0 unspecified atom stereocenters. The molecular formula is C29H50O21. The van der Waals surface area contributed by atoms with Crippen LogP contribution in [-0.2, 0) is 42.6 Å². The molecule has 5 heterocycles. The molecule has 0 aromatic heterocycles. The van der Waals surface area contributed by atoms with Crippen LogP contribution in [0.5, 0.6) is 0 Å². The molecule has 0 amide bonds. The van der Waals surface area contributed by atoms with Crippen molar-refractivity contribution in [1.82, 2.24) is 0 Å². The second kappa shape index (κ2) is 16.3. The summed E-state index contributed by atoms with van der Waals surface area (Å²) in [6.45, 7) is 5.06. The summed E-state index contributed by atoms with van der Waals surface area (Å²) in [5.41, 5.74) is 0. The lowest BCUT2D eigenvalue weighted by Crippen LogP contribution is -2.66. The van der Waals surface area contributed by atoms with Crippen molar-refractivity contribution in [2.24, 2.45) is 0 Å². The zero-order valence-electron chi connectivity index (χ0n) is 27.6. The molecule has 5 rings (SSSR count). The summed E-state index contributed by atoms with van der Waals surface area (Å²) >= 11 is 0. The van der Waals surface area contributed by atoms with E-state index in [2.05, 4.69) is 0 Å². The minimum Gasteiger partial charge on any atom is -0.388 e. The normalized spacial score (nSPS) is 56.6. The summed E-state index contributed by atoms with van der Waals surface area (Å²) in [6.07, 6.45) is -37.5. The Balaban J connectivity index is 1.38. The van der Waals surface area contributed by atoms with E-state index >= 15 is 0 Å². The lowest BCUT2D eigenvalue weighted by Gasteiger charge is -2.49. The van der Waals surface area contributed by atoms with Gasteiger partial charge in [0, 0.05) is 0 Å². The largest absolute Gasteiger partial charge is 0.388 e. The number of hydrogen-bond donors (Lipinski definition) is 12. The van der Waals surface area contributed by atoms with E-state index in [0.717, 1.165) is 0 Å². The van der Waals surface area contributed by atoms with Crippen LogP contribution in [-0.4, -0.2) is 215 Å². The first-order chi connectivity index (χ1) is 23.4. The molecule has 5 fully saturated rings. The Morgan fingerprint density at radius 3 is 1.30 bits per heavy atom. The van der Waals surface area contributed by atoms with E-state index in [1.165, 1.54) is 27.7 Å². The van der Waals surface area contributed by atoms with Crippen LogP contribution in [0.25, 0.3) is 0 Å². The summed E-state index contributed by atoms with van der Waals surface area (Å²) in [4.78, 5) is 0. The minimum absolute atomic E-state index is 0.533. The van der Waals surface area contributed by atoms with Crippen molar-refractivity contribution in [2.45, 2.75) is 175 Å². The maximum atomic E-state index is 11.6. The van der Waals surface area contributed by atoms with Crippen LogP contribution in [0.4, 0.5) is 0 Å². The third-order valence-electron chi connectivity index (χ3n) is 9.79. The molecule has 0 aromatic carbocycles. The van der Waals surface area contributed by atoms with Gasteiger partial charge in [0.1, 0.15) is 91.6 Å². The Morgan fingerprint density at radius 2 is 0.780 bits per heavy atom. The highest BCUT2D eigenvalue weighted by Gasteiger charge is 2.54. The van der Waals surface area contributed by atoms with Crippen molar-refractivity contribution >= 4 is 0 Å². The van der Waals surface area contributed by atoms with Gasteiger partial charge in [-0.05, 0) is 27.7 Å². The smallest absolute Gasteiger partial charge is 0.187 e. The maximum Gasteiger partial charge on any atom is 0.187 e. The predicted octanol–water partition coefficient (Wildman–Crippen LogP) is -7.18. The van der Waals surface area contributed by atoms with Gasteiger partial charge < -0.3 is 104 Å². The first-order valence-electron chi connectivity index (χ1n) is 16.4. The molecule has 5 aliphatic rings. The number of aliphatic hydroxyl groups is 12.